The second kappa shape index (κ2) is 15.9. The largest absolute Gasteiger partial charge is 0.481 e. The number of carboxylic acids is 1. The molecule has 0 aromatic carbocycles. The standard InChI is InChI=1S/C49H74N4O11/c1-43(23-54)14-16-48(42(61)62)17-15-45(3)28(29(48)20-43)7-8-32-46(45,4)12-10-31-44(2,24-55)40(64-41-38(60)36(58)30(56)22-63-41)37(59)35(47(31,32)5)26-9-13-49(11-6-18-50,33-21-51-25-52-33)39-27(26)19-34(57)53-39/h7,9,13,21,25-27,29-32,35-41,54-56,58-60H,6,8,10-12,14-20,22-24,50H2,1-5H3,(H,51,52)(H,53,57)(H,61,62)/t26-,27+,29+,30-,31-,32+,35-,36+,37-,38-,39-,40-,41+,43+,44+,45-,46-,47+,48+,49+/m1/s1. The van der Waals surface area contributed by atoms with Gasteiger partial charge >= 0.3 is 5.97 Å². The first-order valence-electron chi connectivity index (χ1n) is 24.1. The average molecular weight is 895 g/mol. The van der Waals surface area contributed by atoms with E-state index in [0.717, 1.165) is 12.1 Å². The molecule has 8 aliphatic rings. The number of ether oxygens (including phenoxy) is 2. The lowest BCUT2D eigenvalue weighted by Crippen LogP contribution is -2.73. The highest BCUT2D eigenvalue weighted by Gasteiger charge is 2.75. The first-order valence-corrected chi connectivity index (χ1v) is 24.1. The molecule has 3 heterocycles. The molecule has 0 spiro atoms. The molecule has 6 aliphatic carbocycles. The molecule has 9 rings (SSSR count). The Morgan fingerprint density at radius 2 is 1.73 bits per heavy atom. The highest BCUT2D eigenvalue weighted by molar-refractivity contribution is 5.80. The number of H-pyrrole nitrogens is 1. The van der Waals surface area contributed by atoms with Gasteiger partial charge in [0.2, 0.25) is 5.91 Å². The fraction of sp³-hybridized carbons (Fsp3) is 0.816. The SMILES string of the molecule is C[C@]1(CO)CC[C@]2(C(=O)O)CC[C@]3(C)C(=CC[C@@H]4[C@@]5(C)[C@H]([C@@H]6C=C[C@@](CCCN)(c7cnc[nH]7)[C@@H]7NC(=O)C[C@@H]67)[C@@H](O)[C@@H](O[C@@H]6OC[C@@H](O)[C@H](O)[C@H]6O)[C@@](C)(CO)[C@H]5CC[C@]43C)[C@@H]2C1. The summed E-state index contributed by atoms with van der Waals surface area (Å²) in [7, 11) is 0. The number of nitrogens with two attached hydrogens (primary N) is 1. The lowest BCUT2D eigenvalue weighted by atomic mass is 9.31. The number of rotatable bonds is 10. The van der Waals surface area contributed by atoms with Crippen LogP contribution in [0.15, 0.2) is 36.3 Å². The summed E-state index contributed by atoms with van der Waals surface area (Å²) in [5.41, 5.74) is 3.67. The fourth-order valence-corrected chi connectivity index (χ4v) is 16.7. The summed E-state index contributed by atoms with van der Waals surface area (Å²) < 4.78 is 12.5. The maximum Gasteiger partial charge on any atom is 0.310 e. The van der Waals surface area contributed by atoms with Crippen molar-refractivity contribution < 1.29 is 54.8 Å². The smallest absolute Gasteiger partial charge is 0.310 e. The van der Waals surface area contributed by atoms with Crippen LogP contribution in [0.3, 0.4) is 0 Å². The van der Waals surface area contributed by atoms with E-state index in [4.69, 9.17) is 15.2 Å². The number of aliphatic carboxylic acids is 1. The number of fused-ring (bicyclic) bond motifs is 8. The molecule has 64 heavy (non-hydrogen) atoms. The quantitative estimate of drug-likeness (QED) is 0.120. The van der Waals surface area contributed by atoms with Gasteiger partial charge in [0, 0.05) is 36.4 Å². The molecule has 2 saturated heterocycles. The van der Waals surface area contributed by atoms with E-state index in [1.807, 2.05) is 13.1 Å². The molecule has 0 bridgehead atoms. The van der Waals surface area contributed by atoms with Crippen molar-refractivity contribution in [1.82, 2.24) is 15.3 Å². The van der Waals surface area contributed by atoms with Gasteiger partial charge in [-0.25, -0.2) is 4.98 Å². The maximum atomic E-state index is 13.9. The summed E-state index contributed by atoms with van der Waals surface area (Å²) in [4.78, 5) is 35.0. The van der Waals surface area contributed by atoms with Gasteiger partial charge in [0.05, 0.1) is 42.6 Å². The Labute approximate surface area is 376 Å². The number of carbonyl (C=O) groups is 2. The highest BCUT2D eigenvalue weighted by Crippen LogP contribution is 2.78. The van der Waals surface area contributed by atoms with Gasteiger partial charge in [-0.1, -0.05) is 58.4 Å². The molecule has 6 fully saturated rings. The van der Waals surface area contributed by atoms with E-state index >= 15 is 0 Å². The number of aliphatic hydroxyl groups is 6. The highest BCUT2D eigenvalue weighted by atomic mass is 16.7. The van der Waals surface area contributed by atoms with Gasteiger partial charge in [0.1, 0.15) is 18.3 Å². The third-order valence-corrected chi connectivity index (χ3v) is 20.4. The van der Waals surface area contributed by atoms with Gasteiger partial charge in [-0.15, -0.1) is 0 Å². The van der Waals surface area contributed by atoms with Gasteiger partial charge in [0.25, 0.3) is 0 Å². The van der Waals surface area contributed by atoms with Crippen molar-refractivity contribution in [3.8, 4) is 0 Å². The number of hydrogen-bond acceptors (Lipinski definition) is 12. The van der Waals surface area contributed by atoms with E-state index < -0.39 is 81.2 Å². The lowest BCUT2D eigenvalue weighted by Gasteiger charge is -2.74. The van der Waals surface area contributed by atoms with E-state index in [2.05, 4.69) is 61.2 Å². The molecular formula is C49H74N4O11. The number of carbonyl (C=O) groups excluding carboxylic acids is 1. The zero-order chi connectivity index (χ0) is 46.0. The second-order valence-electron chi connectivity index (χ2n) is 23.1. The number of nitrogens with zero attached hydrogens (tertiary/aromatic N) is 1. The molecular weight excluding hydrogens is 821 g/mol. The number of carboxylic acid groups (broad SMARTS) is 1. The van der Waals surface area contributed by atoms with Crippen molar-refractivity contribution in [3.05, 3.63) is 42.0 Å². The van der Waals surface area contributed by atoms with Crippen molar-refractivity contribution in [2.24, 2.45) is 73.7 Å². The Morgan fingerprint density at radius 1 is 0.984 bits per heavy atom. The van der Waals surface area contributed by atoms with Crippen molar-refractivity contribution >= 4 is 11.9 Å². The molecule has 356 valence electrons. The zero-order valence-electron chi connectivity index (χ0n) is 38.3. The van der Waals surface area contributed by atoms with Crippen molar-refractivity contribution in [2.45, 2.75) is 154 Å². The van der Waals surface area contributed by atoms with E-state index in [0.29, 0.717) is 64.3 Å². The summed E-state index contributed by atoms with van der Waals surface area (Å²) in [6.07, 6.45) is 8.57. The number of nitrogens with one attached hydrogen (secondary N) is 2. The molecule has 0 radical (unpaired) electrons. The molecule has 11 N–H and O–H groups in total. The number of aromatic nitrogens is 2. The zero-order valence-corrected chi connectivity index (χ0v) is 38.3. The Hall–Kier alpha value is -2.73. The Kier molecular flexibility index (Phi) is 11.5. The predicted octanol–water partition coefficient (Wildman–Crippen LogP) is 2.93. The number of aromatic amines is 1. The summed E-state index contributed by atoms with van der Waals surface area (Å²) in [5.74, 6) is -2.58. The minimum atomic E-state index is -1.62. The third-order valence-electron chi connectivity index (χ3n) is 20.4. The van der Waals surface area contributed by atoms with Gasteiger partial charge in [-0.2, -0.15) is 0 Å². The monoisotopic (exact) mass is 895 g/mol. The van der Waals surface area contributed by atoms with Crippen LogP contribution in [0.25, 0.3) is 0 Å². The lowest BCUT2D eigenvalue weighted by molar-refractivity contribution is -0.343. The van der Waals surface area contributed by atoms with Gasteiger partial charge in [-0.05, 0) is 128 Å². The van der Waals surface area contributed by atoms with Crippen LogP contribution in [0.4, 0.5) is 0 Å². The summed E-state index contributed by atoms with van der Waals surface area (Å²) in [6.45, 7) is 10.9. The number of allylic oxidation sites excluding steroid dienone is 3. The van der Waals surface area contributed by atoms with Crippen LogP contribution < -0.4 is 11.1 Å². The summed E-state index contributed by atoms with van der Waals surface area (Å²) in [6, 6.07) is -0.359. The van der Waals surface area contributed by atoms with Crippen molar-refractivity contribution in [2.75, 3.05) is 26.4 Å². The van der Waals surface area contributed by atoms with E-state index in [-0.39, 0.29) is 73.2 Å². The van der Waals surface area contributed by atoms with Crippen molar-refractivity contribution in [3.63, 3.8) is 0 Å². The van der Waals surface area contributed by atoms with Gasteiger partial charge < -0.3 is 61.3 Å². The normalized spacial score (nSPS) is 52.0. The van der Waals surface area contributed by atoms with E-state index in [9.17, 15) is 45.3 Å². The summed E-state index contributed by atoms with van der Waals surface area (Å²) in [5, 5.41) is 82.5. The minimum absolute atomic E-state index is 0.00381. The van der Waals surface area contributed by atoms with Crippen LogP contribution in [0.5, 0.6) is 0 Å². The Bertz CT molecular complexity index is 2020. The molecule has 15 nitrogen and oxygen atoms in total. The third kappa shape index (κ3) is 6.26. The van der Waals surface area contributed by atoms with Crippen molar-refractivity contribution in [1.29, 1.82) is 0 Å². The van der Waals surface area contributed by atoms with E-state index in [1.54, 1.807) is 6.33 Å². The van der Waals surface area contributed by atoms with Crippen LogP contribution >= 0.6 is 0 Å². The Morgan fingerprint density at radius 3 is 2.41 bits per heavy atom. The molecule has 2 aliphatic heterocycles. The van der Waals surface area contributed by atoms with Crippen LogP contribution in [-0.2, 0) is 24.5 Å². The fourth-order valence-electron chi connectivity index (χ4n) is 16.7. The number of amides is 1. The van der Waals surface area contributed by atoms with Crippen LogP contribution in [-0.4, -0.2) is 127 Å². The van der Waals surface area contributed by atoms with Crippen LogP contribution in [0.1, 0.15) is 111 Å². The molecule has 20 atom stereocenters. The molecule has 4 saturated carbocycles. The van der Waals surface area contributed by atoms with Gasteiger partial charge in [0.15, 0.2) is 6.29 Å². The minimum Gasteiger partial charge on any atom is -0.481 e. The first kappa shape index (κ1) is 46.4. The first-order chi connectivity index (χ1) is 30.2. The molecule has 15 heteroatoms. The molecule has 1 aromatic rings. The topological polar surface area (TPSA) is 261 Å². The number of aliphatic hydroxyl groups excluding tert-OH is 6. The van der Waals surface area contributed by atoms with E-state index in [1.165, 1.54) is 5.57 Å². The Balaban J connectivity index is 1.21. The predicted molar refractivity (Wildman–Crippen MR) is 234 cm³/mol. The van der Waals surface area contributed by atoms with Crippen LogP contribution in [0.2, 0.25) is 0 Å². The number of hydrogen-bond donors (Lipinski definition) is 10. The molecule has 1 amide bonds. The van der Waals surface area contributed by atoms with Gasteiger partial charge in [-0.3, -0.25) is 9.59 Å². The van der Waals surface area contributed by atoms with Crippen LogP contribution in [0, 0.1) is 68.0 Å². The number of imidazole rings is 1. The summed E-state index contributed by atoms with van der Waals surface area (Å²) >= 11 is 0. The maximum absolute atomic E-state index is 13.9. The second-order valence-corrected chi connectivity index (χ2v) is 23.1. The average Bonchev–Trinajstić information content (AvgIpc) is 3.96. The molecule has 1 aromatic heterocycles. The molecule has 0 unspecified atom stereocenters.